The molecule has 2 fully saturated rings. The van der Waals surface area contributed by atoms with E-state index in [2.05, 4.69) is 11.4 Å². The number of carbonyl (C=O) groups excluding carboxylic acids is 1. The average Bonchev–Trinajstić information content (AvgIpc) is 2.76. The molecule has 94 valence electrons. The van der Waals surface area contributed by atoms with E-state index in [1.165, 1.54) is 0 Å². The number of carbonyl (C=O) groups is 1. The standard InChI is InChI=1S/C13H21N3O/c14-8-10-4-2-6-12(10)16-13(17)9-3-1-5-11(15)7-9/h9-12H,1-7,15H2,(H,16,17). The van der Waals surface area contributed by atoms with E-state index in [1.807, 2.05) is 0 Å². The smallest absolute Gasteiger partial charge is 0.223 e. The summed E-state index contributed by atoms with van der Waals surface area (Å²) in [7, 11) is 0. The van der Waals surface area contributed by atoms with Crippen molar-refractivity contribution in [3.63, 3.8) is 0 Å². The van der Waals surface area contributed by atoms with E-state index in [4.69, 9.17) is 11.0 Å². The summed E-state index contributed by atoms with van der Waals surface area (Å²) in [6, 6.07) is 2.54. The van der Waals surface area contributed by atoms with Crippen LogP contribution in [0, 0.1) is 23.2 Å². The Bertz CT molecular complexity index is 323. The second-order valence-electron chi connectivity index (χ2n) is 5.41. The van der Waals surface area contributed by atoms with Crippen LogP contribution in [0.5, 0.6) is 0 Å². The SMILES string of the molecule is N#CC1CCCC1NC(=O)C1CCCC(N)C1. The summed E-state index contributed by atoms with van der Waals surface area (Å²) in [6.07, 6.45) is 6.75. The maximum Gasteiger partial charge on any atom is 0.223 e. The number of nitrogens with two attached hydrogens (primary N) is 1. The van der Waals surface area contributed by atoms with Crippen molar-refractivity contribution in [1.82, 2.24) is 5.32 Å². The van der Waals surface area contributed by atoms with Gasteiger partial charge in [-0.05, 0) is 38.5 Å². The normalized spacial score (nSPS) is 37.4. The molecule has 4 unspecified atom stereocenters. The van der Waals surface area contributed by atoms with Crippen molar-refractivity contribution in [1.29, 1.82) is 5.26 Å². The van der Waals surface area contributed by atoms with E-state index < -0.39 is 0 Å². The summed E-state index contributed by atoms with van der Waals surface area (Å²) in [5, 5.41) is 12.0. The Morgan fingerprint density at radius 3 is 2.71 bits per heavy atom. The van der Waals surface area contributed by atoms with Crippen LogP contribution in [0.1, 0.15) is 44.9 Å². The molecule has 2 aliphatic carbocycles. The van der Waals surface area contributed by atoms with Gasteiger partial charge in [-0.15, -0.1) is 0 Å². The fourth-order valence-corrected chi connectivity index (χ4v) is 3.05. The Hall–Kier alpha value is -1.08. The number of rotatable bonds is 2. The lowest BCUT2D eigenvalue weighted by atomic mass is 9.85. The van der Waals surface area contributed by atoms with Crippen molar-refractivity contribution in [3.8, 4) is 6.07 Å². The fraction of sp³-hybridized carbons (Fsp3) is 0.846. The van der Waals surface area contributed by atoms with Crippen LogP contribution >= 0.6 is 0 Å². The van der Waals surface area contributed by atoms with Crippen LogP contribution in [0.25, 0.3) is 0 Å². The molecule has 17 heavy (non-hydrogen) atoms. The zero-order valence-corrected chi connectivity index (χ0v) is 10.2. The molecule has 0 spiro atoms. The molecule has 2 aliphatic rings. The predicted octanol–water partition coefficient (Wildman–Crippen LogP) is 1.31. The number of amides is 1. The largest absolute Gasteiger partial charge is 0.352 e. The Balaban J connectivity index is 1.86. The molecule has 0 heterocycles. The lowest BCUT2D eigenvalue weighted by Gasteiger charge is -2.27. The number of nitrogens with zero attached hydrogens (tertiary/aromatic N) is 1. The predicted molar refractivity (Wildman–Crippen MR) is 64.8 cm³/mol. The highest BCUT2D eigenvalue weighted by molar-refractivity contribution is 5.79. The van der Waals surface area contributed by atoms with Gasteiger partial charge in [0.1, 0.15) is 0 Å². The Labute approximate surface area is 103 Å². The van der Waals surface area contributed by atoms with Gasteiger partial charge >= 0.3 is 0 Å². The van der Waals surface area contributed by atoms with Crippen LogP contribution in [0.4, 0.5) is 0 Å². The van der Waals surface area contributed by atoms with Gasteiger partial charge in [-0.1, -0.05) is 6.42 Å². The molecule has 2 saturated carbocycles. The van der Waals surface area contributed by atoms with Gasteiger partial charge in [-0.3, -0.25) is 4.79 Å². The van der Waals surface area contributed by atoms with E-state index in [-0.39, 0.29) is 29.8 Å². The summed E-state index contributed by atoms with van der Waals surface area (Å²) >= 11 is 0. The Morgan fingerprint density at radius 1 is 1.24 bits per heavy atom. The third-order valence-electron chi connectivity index (χ3n) is 4.09. The minimum atomic E-state index is 0.0104. The summed E-state index contributed by atoms with van der Waals surface area (Å²) in [4.78, 5) is 12.1. The topological polar surface area (TPSA) is 78.9 Å². The van der Waals surface area contributed by atoms with Crippen LogP contribution in [0.15, 0.2) is 0 Å². The van der Waals surface area contributed by atoms with Crippen molar-refractivity contribution in [3.05, 3.63) is 0 Å². The first-order valence-corrected chi connectivity index (χ1v) is 6.66. The van der Waals surface area contributed by atoms with Crippen molar-refractivity contribution in [2.24, 2.45) is 17.6 Å². The Morgan fingerprint density at radius 2 is 2.00 bits per heavy atom. The minimum Gasteiger partial charge on any atom is -0.352 e. The lowest BCUT2D eigenvalue weighted by Crippen LogP contribution is -2.43. The van der Waals surface area contributed by atoms with Gasteiger partial charge in [0.2, 0.25) is 5.91 Å². The van der Waals surface area contributed by atoms with E-state index in [0.717, 1.165) is 44.9 Å². The highest BCUT2D eigenvalue weighted by atomic mass is 16.1. The van der Waals surface area contributed by atoms with Crippen molar-refractivity contribution >= 4 is 5.91 Å². The van der Waals surface area contributed by atoms with Crippen LogP contribution in [-0.4, -0.2) is 18.0 Å². The zero-order valence-electron chi connectivity index (χ0n) is 10.2. The highest BCUT2D eigenvalue weighted by Gasteiger charge is 2.32. The molecule has 0 aromatic heterocycles. The van der Waals surface area contributed by atoms with Crippen molar-refractivity contribution < 1.29 is 4.79 Å². The van der Waals surface area contributed by atoms with Gasteiger partial charge in [-0.2, -0.15) is 5.26 Å². The quantitative estimate of drug-likeness (QED) is 0.757. The van der Waals surface area contributed by atoms with E-state index >= 15 is 0 Å². The second-order valence-corrected chi connectivity index (χ2v) is 5.41. The van der Waals surface area contributed by atoms with Crippen LogP contribution < -0.4 is 11.1 Å². The molecule has 0 bridgehead atoms. The molecule has 0 aliphatic heterocycles. The third-order valence-corrected chi connectivity index (χ3v) is 4.09. The third kappa shape index (κ3) is 2.98. The van der Waals surface area contributed by atoms with Gasteiger partial charge in [0.05, 0.1) is 12.0 Å². The molecule has 3 N–H and O–H groups in total. The molecule has 0 aromatic carbocycles. The molecule has 0 aromatic rings. The first-order valence-electron chi connectivity index (χ1n) is 6.66. The molecule has 0 saturated heterocycles. The number of nitrogens with one attached hydrogen (secondary N) is 1. The first kappa shape index (κ1) is 12.4. The van der Waals surface area contributed by atoms with Gasteiger partial charge < -0.3 is 11.1 Å². The molecule has 4 atom stereocenters. The lowest BCUT2D eigenvalue weighted by molar-refractivity contribution is -0.126. The molecule has 4 nitrogen and oxygen atoms in total. The van der Waals surface area contributed by atoms with Gasteiger partial charge in [0.25, 0.3) is 0 Å². The van der Waals surface area contributed by atoms with E-state index in [0.29, 0.717) is 0 Å². The molecule has 4 heteroatoms. The van der Waals surface area contributed by atoms with Gasteiger partial charge in [-0.25, -0.2) is 0 Å². The molecule has 2 rings (SSSR count). The maximum absolute atomic E-state index is 12.1. The average molecular weight is 235 g/mol. The molecular formula is C13H21N3O. The monoisotopic (exact) mass is 235 g/mol. The van der Waals surface area contributed by atoms with Crippen LogP contribution in [0.3, 0.4) is 0 Å². The summed E-state index contributed by atoms with van der Waals surface area (Å²) in [5.74, 6) is 0.196. The molecular weight excluding hydrogens is 214 g/mol. The number of hydrogen-bond donors (Lipinski definition) is 2. The van der Waals surface area contributed by atoms with Crippen molar-refractivity contribution in [2.75, 3.05) is 0 Å². The summed E-state index contributed by atoms with van der Waals surface area (Å²) in [5.41, 5.74) is 5.89. The number of nitriles is 1. The second kappa shape index (κ2) is 5.50. The number of hydrogen-bond acceptors (Lipinski definition) is 3. The summed E-state index contributed by atoms with van der Waals surface area (Å²) in [6.45, 7) is 0. The maximum atomic E-state index is 12.1. The first-order chi connectivity index (χ1) is 8.20. The fourth-order valence-electron chi connectivity index (χ4n) is 3.05. The minimum absolute atomic E-state index is 0.0104. The van der Waals surface area contributed by atoms with Gasteiger partial charge in [0, 0.05) is 18.0 Å². The summed E-state index contributed by atoms with van der Waals surface area (Å²) < 4.78 is 0. The van der Waals surface area contributed by atoms with E-state index in [1.54, 1.807) is 0 Å². The van der Waals surface area contributed by atoms with Crippen LogP contribution in [-0.2, 0) is 4.79 Å². The van der Waals surface area contributed by atoms with E-state index in [9.17, 15) is 4.79 Å². The van der Waals surface area contributed by atoms with Crippen molar-refractivity contribution in [2.45, 2.75) is 57.0 Å². The highest BCUT2D eigenvalue weighted by Crippen LogP contribution is 2.27. The molecule has 1 amide bonds. The van der Waals surface area contributed by atoms with Gasteiger partial charge in [0.15, 0.2) is 0 Å². The Kier molecular flexibility index (Phi) is 4.01. The molecule has 0 radical (unpaired) electrons. The zero-order chi connectivity index (χ0) is 12.3. The van der Waals surface area contributed by atoms with Crippen LogP contribution in [0.2, 0.25) is 0 Å².